The van der Waals surface area contributed by atoms with Crippen LogP contribution in [0.3, 0.4) is 0 Å². The Morgan fingerprint density at radius 2 is 1.89 bits per heavy atom. The third-order valence-corrected chi connectivity index (χ3v) is 5.74. The predicted molar refractivity (Wildman–Crippen MR) is 107 cm³/mol. The Bertz CT molecular complexity index is 841. The number of nitrogens with zero attached hydrogens (tertiary/aromatic N) is 2. The van der Waals surface area contributed by atoms with Crippen molar-refractivity contribution < 1.29 is 14.3 Å². The van der Waals surface area contributed by atoms with Gasteiger partial charge in [0.05, 0.1) is 16.9 Å². The van der Waals surface area contributed by atoms with E-state index in [2.05, 4.69) is 24.3 Å². The molecular formula is C22H29N3O3. The Labute approximate surface area is 166 Å². The zero-order chi connectivity index (χ0) is 20.3. The van der Waals surface area contributed by atoms with Gasteiger partial charge in [0.15, 0.2) is 6.61 Å². The normalized spacial score (nSPS) is 21.9. The fraction of sp³-hybridized carbons (Fsp3) is 0.500. The average Bonchev–Trinajstić information content (AvgIpc) is 3.02. The van der Waals surface area contributed by atoms with Crippen LogP contribution in [0.2, 0.25) is 0 Å². The van der Waals surface area contributed by atoms with Crippen LogP contribution in [0.5, 0.6) is 0 Å². The van der Waals surface area contributed by atoms with Gasteiger partial charge in [0.2, 0.25) is 0 Å². The fourth-order valence-corrected chi connectivity index (χ4v) is 3.88. The van der Waals surface area contributed by atoms with Crippen molar-refractivity contribution >= 4 is 11.9 Å². The van der Waals surface area contributed by atoms with Gasteiger partial charge in [-0.15, -0.1) is 0 Å². The average molecular weight is 383 g/mol. The molecule has 3 rings (SSSR count). The first-order valence-corrected chi connectivity index (χ1v) is 9.95. The van der Waals surface area contributed by atoms with Gasteiger partial charge in [-0.05, 0) is 62.4 Å². The van der Waals surface area contributed by atoms with Crippen molar-refractivity contribution in [3.05, 3.63) is 47.3 Å². The molecule has 0 aliphatic heterocycles. The zero-order valence-corrected chi connectivity index (χ0v) is 17.1. The molecule has 1 N–H and O–H groups in total. The second kappa shape index (κ2) is 8.59. The summed E-state index contributed by atoms with van der Waals surface area (Å²) in [5.41, 5.74) is 3.25. The summed E-state index contributed by atoms with van der Waals surface area (Å²) in [5.74, 6) is 0.302. The quantitative estimate of drug-likeness (QED) is 0.801. The van der Waals surface area contributed by atoms with Gasteiger partial charge in [-0.1, -0.05) is 26.7 Å². The van der Waals surface area contributed by atoms with Crippen molar-refractivity contribution in [2.24, 2.45) is 11.8 Å². The Morgan fingerprint density at radius 3 is 2.54 bits per heavy atom. The summed E-state index contributed by atoms with van der Waals surface area (Å²) in [7, 11) is 0. The highest BCUT2D eigenvalue weighted by Crippen LogP contribution is 2.29. The van der Waals surface area contributed by atoms with Gasteiger partial charge in [-0.25, -0.2) is 9.48 Å². The molecule has 3 atom stereocenters. The van der Waals surface area contributed by atoms with E-state index in [-0.39, 0.29) is 18.6 Å². The SMILES string of the molecule is Cc1cc(C)n(-c2ccc(C(=O)OCC(=O)NC3CCCC(C)C3C)cc2)n1. The number of carbonyl (C=O) groups excluding carboxylic acids is 2. The zero-order valence-electron chi connectivity index (χ0n) is 17.1. The Kier molecular flexibility index (Phi) is 6.17. The van der Waals surface area contributed by atoms with E-state index < -0.39 is 5.97 Å². The number of benzene rings is 1. The van der Waals surface area contributed by atoms with Crippen LogP contribution in [-0.4, -0.2) is 34.3 Å². The maximum atomic E-state index is 12.3. The Hall–Kier alpha value is -2.63. The van der Waals surface area contributed by atoms with Gasteiger partial charge in [-0.2, -0.15) is 5.10 Å². The van der Waals surface area contributed by atoms with E-state index in [1.54, 1.807) is 12.1 Å². The van der Waals surface area contributed by atoms with Gasteiger partial charge in [0.25, 0.3) is 5.91 Å². The second-order valence-corrected chi connectivity index (χ2v) is 7.90. The standard InChI is InChI=1S/C22H29N3O3/c1-14-6-5-7-20(17(14)4)23-21(26)13-28-22(27)18-8-10-19(11-9-18)25-16(3)12-15(2)24-25/h8-12,14,17,20H,5-7,13H2,1-4H3,(H,23,26). The lowest BCUT2D eigenvalue weighted by atomic mass is 9.78. The minimum absolute atomic E-state index is 0.162. The molecule has 0 spiro atoms. The van der Waals surface area contributed by atoms with Gasteiger partial charge in [0, 0.05) is 11.7 Å². The number of aromatic nitrogens is 2. The summed E-state index contributed by atoms with van der Waals surface area (Å²) in [6, 6.07) is 9.18. The molecule has 3 unspecified atom stereocenters. The predicted octanol–water partition coefficient (Wildman–Crippen LogP) is 3.59. The molecule has 6 heteroatoms. The summed E-state index contributed by atoms with van der Waals surface area (Å²) in [4.78, 5) is 24.4. The molecule has 0 saturated heterocycles. The van der Waals surface area contributed by atoms with Crippen molar-refractivity contribution in [2.45, 2.75) is 53.0 Å². The highest BCUT2D eigenvalue weighted by molar-refractivity contribution is 5.91. The third-order valence-electron chi connectivity index (χ3n) is 5.74. The monoisotopic (exact) mass is 383 g/mol. The molecule has 150 valence electrons. The minimum Gasteiger partial charge on any atom is -0.452 e. The highest BCUT2D eigenvalue weighted by Gasteiger charge is 2.28. The minimum atomic E-state index is -0.500. The molecule has 1 aromatic heterocycles. The van der Waals surface area contributed by atoms with E-state index in [1.807, 2.05) is 36.7 Å². The maximum Gasteiger partial charge on any atom is 0.338 e. The number of amides is 1. The van der Waals surface area contributed by atoms with E-state index >= 15 is 0 Å². The Morgan fingerprint density at radius 1 is 1.18 bits per heavy atom. The van der Waals surface area contributed by atoms with E-state index in [0.717, 1.165) is 29.9 Å². The molecule has 2 aromatic rings. The van der Waals surface area contributed by atoms with E-state index in [1.165, 1.54) is 6.42 Å². The number of ether oxygens (including phenoxy) is 1. The summed E-state index contributed by atoms with van der Waals surface area (Å²) in [6.07, 6.45) is 3.31. The van der Waals surface area contributed by atoms with Crippen molar-refractivity contribution in [1.82, 2.24) is 15.1 Å². The van der Waals surface area contributed by atoms with Gasteiger partial charge >= 0.3 is 5.97 Å². The first kappa shape index (κ1) is 20.1. The number of hydrogen-bond acceptors (Lipinski definition) is 4. The molecule has 6 nitrogen and oxygen atoms in total. The van der Waals surface area contributed by atoms with Crippen LogP contribution in [0, 0.1) is 25.7 Å². The van der Waals surface area contributed by atoms with Crippen LogP contribution in [0.1, 0.15) is 54.9 Å². The molecule has 1 aliphatic carbocycles. The summed E-state index contributed by atoms with van der Waals surface area (Å²) < 4.78 is 7.02. The largest absolute Gasteiger partial charge is 0.452 e. The fourth-order valence-electron chi connectivity index (χ4n) is 3.88. The molecule has 0 radical (unpaired) electrons. The van der Waals surface area contributed by atoms with Crippen molar-refractivity contribution in [1.29, 1.82) is 0 Å². The molecule has 1 saturated carbocycles. The van der Waals surface area contributed by atoms with Crippen LogP contribution in [0.4, 0.5) is 0 Å². The first-order valence-electron chi connectivity index (χ1n) is 9.95. The molecule has 1 aliphatic rings. The van der Waals surface area contributed by atoms with E-state index in [0.29, 0.717) is 17.4 Å². The highest BCUT2D eigenvalue weighted by atomic mass is 16.5. The lowest BCUT2D eigenvalue weighted by molar-refractivity contribution is -0.125. The van der Waals surface area contributed by atoms with Crippen molar-refractivity contribution in [3.8, 4) is 5.69 Å². The molecule has 1 fully saturated rings. The van der Waals surface area contributed by atoms with Crippen LogP contribution in [-0.2, 0) is 9.53 Å². The number of hydrogen-bond donors (Lipinski definition) is 1. The van der Waals surface area contributed by atoms with Crippen LogP contribution in [0.25, 0.3) is 5.69 Å². The van der Waals surface area contributed by atoms with Gasteiger partial charge < -0.3 is 10.1 Å². The second-order valence-electron chi connectivity index (χ2n) is 7.90. The summed E-state index contributed by atoms with van der Waals surface area (Å²) in [5, 5.41) is 7.45. The number of aryl methyl sites for hydroxylation is 2. The topological polar surface area (TPSA) is 73.2 Å². The van der Waals surface area contributed by atoms with Crippen LogP contribution < -0.4 is 5.32 Å². The number of carbonyl (C=O) groups is 2. The molecule has 1 aromatic carbocycles. The summed E-state index contributed by atoms with van der Waals surface area (Å²) in [6.45, 7) is 8.06. The lowest BCUT2D eigenvalue weighted by Gasteiger charge is -2.34. The molecule has 0 bridgehead atoms. The van der Waals surface area contributed by atoms with Gasteiger partial charge in [0.1, 0.15) is 0 Å². The number of esters is 1. The van der Waals surface area contributed by atoms with Crippen molar-refractivity contribution in [2.75, 3.05) is 6.61 Å². The lowest BCUT2D eigenvalue weighted by Crippen LogP contribution is -2.45. The van der Waals surface area contributed by atoms with Crippen molar-refractivity contribution in [3.63, 3.8) is 0 Å². The summed E-state index contributed by atoms with van der Waals surface area (Å²) >= 11 is 0. The van der Waals surface area contributed by atoms with Crippen LogP contribution >= 0.6 is 0 Å². The molecule has 1 amide bonds. The molecule has 1 heterocycles. The van der Waals surface area contributed by atoms with Gasteiger partial charge in [-0.3, -0.25) is 4.79 Å². The number of nitrogens with one attached hydrogen (secondary N) is 1. The number of rotatable bonds is 5. The first-order chi connectivity index (χ1) is 13.3. The smallest absolute Gasteiger partial charge is 0.338 e. The van der Waals surface area contributed by atoms with E-state index in [4.69, 9.17) is 4.74 Å². The Balaban J connectivity index is 1.53. The molecule has 28 heavy (non-hydrogen) atoms. The third kappa shape index (κ3) is 4.61. The molecular weight excluding hydrogens is 354 g/mol. The van der Waals surface area contributed by atoms with E-state index in [9.17, 15) is 9.59 Å². The van der Waals surface area contributed by atoms with Crippen LogP contribution in [0.15, 0.2) is 30.3 Å². The maximum absolute atomic E-state index is 12.3.